The molecule has 0 aliphatic rings. The standard InChI is InChI=1S/C19H18FN3O2S2/c1-2-23(12-17(24)21-10-13-5-7-14(20)8-6-13)19(25)16-11-22-18(27-16)15-4-3-9-26-15/h3-9,11H,2,10,12H2,1H3,(H,21,24). The van der Waals surface area contributed by atoms with Gasteiger partial charge in [-0.05, 0) is 36.1 Å². The second-order valence-corrected chi connectivity index (χ2v) is 7.71. The van der Waals surface area contributed by atoms with Crippen molar-refractivity contribution in [1.82, 2.24) is 15.2 Å². The van der Waals surface area contributed by atoms with E-state index >= 15 is 0 Å². The zero-order chi connectivity index (χ0) is 19.2. The molecule has 140 valence electrons. The smallest absolute Gasteiger partial charge is 0.266 e. The monoisotopic (exact) mass is 403 g/mol. The molecule has 1 N–H and O–H groups in total. The van der Waals surface area contributed by atoms with Crippen LogP contribution in [0.25, 0.3) is 9.88 Å². The number of halogens is 1. The Kier molecular flexibility index (Phi) is 6.31. The maximum Gasteiger partial charge on any atom is 0.266 e. The van der Waals surface area contributed by atoms with Crippen molar-refractivity contribution in [1.29, 1.82) is 0 Å². The first-order valence-electron chi connectivity index (χ1n) is 8.37. The highest BCUT2D eigenvalue weighted by Gasteiger charge is 2.20. The number of carbonyl (C=O) groups excluding carboxylic acids is 2. The van der Waals surface area contributed by atoms with Crippen LogP contribution >= 0.6 is 22.7 Å². The average molecular weight is 404 g/mol. The molecule has 0 fully saturated rings. The zero-order valence-corrected chi connectivity index (χ0v) is 16.3. The maximum atomic E-state index is 12.9. The van der Waals surface area contributed by atoms with Gasteiger partial charge in [0.15, 0.2) is 0 Å². The second kappa shape index (κ2) is 8.88. The summed E-state index contributed by atoms with van der Waals surface area (Å²) in [4.78, 5) is 32.2. The number of carbonyl (C=O) groups is 2. The number of hydrogen-bond acceptors (Lipinski definition) is 5. The minimum Gasteiger partial charge on any atom is -0.350 e. The Bertz CT molecular complexity index is 907. The molecule has 8 heteroatoms. The van der Waals surface area contributed by atoms with E-state index in [9.17, 15) is 14.0 Å². The van der Waals surface area contributed by atoms with Gasteiger partial charge in [0.05, 0.1) is 17.6 Å². The molecule has 3 rings (SSSR count). The van der Waals surface area contributed by atoms with Crippen LogP contribution in [0.5, 0.6) is 0 Å². The fourth-order valence-corrected chi connectivity index (χ4v) is 4.09. The molecule has 0 unspecified atom stereocenters. The summed E-state index contributed by atoms with van der Waals surface area (Å²) in [6, 6.07) is 9.81. The van der Waals surface area contributed by atoms with Crippen LogP contribution in [0.3, 0.4) is 0 Å². The lowest BCUT2D eigenvalue weighted by Gasteiger charge is -2.19. The number of likely N-dealkylation sites (N-methyl/N-ethyl adjacent to an activating group) is 1. The summed E-state index contributed by atoms with van der Waals surface area (Å²) >= 11 is 2.89. The van der Waals surface area contributed by atoms with Crippen LogP contribution in [0.15, 0.2) is 48.0 Å². The Morgan fingerprint density at radius 2 is 2.00 bits per heavy atom. The van der Waals surface area contributed by atoms with Gasteiger partial charge in [-0.3, -0.25) is 9.59 Å². The van der Waals surface area contributed by atoms with E-state index in [0.717, 1.165) is 15.4 Å². The molecule has 0 atom stereocenters. The number of thiophene rings is 1. The molecule has 0 bridgehead atoms. The fourth-order valence-electron chi connectivity index (χ4n) is 2.40. The van der Waals surface area contributed by atoms with Crippen molar-refractivity contribution in [3.63, 3.8) is 0 Å². The summed E-state index contributed by atoms with van der Waals surface area (Å²) in [7, 11) is 0. The van der Waals surface area contributed by atoms with Crippen molar-refractivity contribution in [3.8, 4) is 9.88 Å². The van der Waals surface area contributed by atoms with Crippen LogP contribution in [-0.2, 0) is 11.3 Å². The number of nitrogens with one attached hydrogen (secondary N) is 1. The predicted molar refractivity (Wildman–Crippen MR) is 105 cm³/mol. The number of benzene rings is 1. The molecular weight excluding hydrogens is 385 g/mol. The van der Waals surface area contributed by atoms with Gasteiger partial charge < -0.3 is 10.2 Å². The van der Waals surface area contributed by atoms with E-state index in [1.807, 2.05) is 24.4 Å². The van der Waals surface area contributed by atoms with Crippen molar-refractivity contribution < 1.29 is 14.0 Å². The molecule has 27 heavy (non-hydrogen) atoms. The highest BCUT2D eigenvalue weighted by molar-refractivity contribution is 7.21. The van der Waals surface area contributed by atoms with Gasteiger partial charge in [0.1, 0.15) is 15.7 Å². The second-order valence-electron chi connectivity index (χ2n) is 5.73. The summed E-state index contributed by atoms with van der Waals surface area (Å²) in [6.07, 6.45) is 1.56. The summed E-state index contributed by atoms with van der Waals surface area (Å²) < 4.78 is 12.9. The molecule has 0 aliphatic heterocycles. The summed E-state index contributed by atoms with van der Waals surface area (Å²) in [6.45, 7) is 2.48. The van der Waals surface area contributed by atoms with E-state index in [4.69, 9.17) is 0 Å². The van der Waals surface area contributed by atoms with Crippen molar-refractivity contribution >= 4 is 34.5 Å². The van der Waals surface area contributed by atoms with E-state index < -0.39 is 0 Å². The van der Waals surface area contributed by atoms with Crippen LogP contribution in [0.1, 0.15) is 22.2 Å². The Morgan fingerprint density at radius 1 is 1.22 bits per heavy atom. The minimum absolute atomic E-state index is 0.0389. The third-order valence-electron chi connectivity index (χ3n) is 3.85. The third kappa shape index (κ3) is 4.99. The zero-order valence-electron chi connectivity index (χ0n) is 14.6. The normalized spacial score (nSPS) is 10.6. The average Bonchev–Trinajstić information content (AvgIpc) is 3.36. The first-order chi connectivity index (χ1) is 13.1. The van der Waals surface area contributed by atoms with Gasteiger partial charge in [0.25, 0.3) is 5.91 Å². The molecular formula is C19H18FN3O2S2. The van der Waals surface area contributed by atoms with Gasteiger partial charge in [0, 0.05) is 13.1 Å². The van der Waals surface area contributed by atoms with Crippen LogP contribution < -0.4 is 5.32 Å². The molecule has 5 nitrogen and oxygen atoms in total. The predicted octanol–water partition coefficient (Wildman–Crippen LogP) is 3.79. The van der Waals surface area contributed by atoms with E-state index in [1.54, 1.807) is 29.7 Å². The highest BCUT2D eigenvalue weighted by Crippen LogP contribution is 2.29. The van der Waals surface area contributed by atoms with Gasteiger partial charge in [-0.1, -0.05) is 18.2 Å². The molecule has 0 saturated heterocycles. The van der Waals surface area contributed by atoms with Crippen molar-refractivity contribution in [3.05, 3.63) is 64.2 Å². The molecule has 3 aromatic rings. The summed E-state index contributed by atoms with van der Waals surface area (Å²) in [5.74, 6) is -0.799. The number of nitrogens with zero attached hydrogens (tertiary/aromatic N) is 2. The quantitative estimate of drug-likeness (QED) is 0.653. The molecule has 2 aromatic heterocycles. The molecule has 0 saturated carbocycles. The highest BCUT2D eigenvalue weighted by atomic mass is 32.1. The van der Waals surface area contributed by atoms with E-state index in [2.05, 4.69) is 10.3 Å². The van der Waals surface area contributed by atoms with E-state index in [1.165, 1.54) is 28.4 Å². The molecule has 2 heterocycles. The maximum absolute atomic E-state index is 12.9. The first kappa shape index (κ1) is 19.2. The lowest BCUT2D eigenvalue weighted by atomic mass is 10.2. The van der Waals surface area contributed by atoms with Crippen molar-refractivity contribution in [2.24, 2.45) is 0 Å². The molecule has 2 amide bonds. The Morgan fingerprint density at radius 3 is 2.67 bits per heavy atom. The summed E-state index contributed by atoms with van der Waals surface area (Å²) in [5, 5.41) is 5.51. The Labute approximate surface area is 164 Å². The van der Waals surface area contributed by atoms with Gasteiger partial charge in [0.2, 0.25) is 5.91 Å². The number of thiazole rings is 1. The lowest BCUT2D eigenvalue weighted by Crippen LogP contribution is -2.40. The number of hydrogen-bond donors (Lipinski definition) is 1. The topological polar surface area (TPSA) is 62.3 Å². The largest absolute Gasteiger partial charge is 0.350 e. The van der Waals surface area contributed by atoms with Gasteiger partial charge >= 0.3 is 0 Å². The Hall–Kier alpha value is -2.58. The number of amides is 2. The SMILES string of the molecule is CCN(CC(=O)NCc1ccc(F)cc1)C(=O)c1cnc(-c2cccs2)s1. The van der Waals surface area contributed by atoms with Crippen LogP contribution in [0.4, 0.5) is 4.39 Å². The van der Waals surface area contributed by atoms with Crippen LogP contribution in [0.2, 0.25) is 0 Å². The van der Waals surface area contributed by atoms with Gasteiger partial charge in [-0.2, -0.15) is 0 Å². The number of aromatic nitrogens is 1. The van der Waals surface area contributed by atoms with Gasteiger partial charge in [-0.15, -0.1) is 22.7 Å². The van der Waals surface area contributed by atoms with Crippen molar-refractivity contribution in [2.75, 3.05) is 13.1 Å². The molecule has 0 radical (unpaired) electrons. The fraction of sp³-hybridized carbons (Fsp3) is 0.211. The Balaban J connectivity index is 1.58. The van der Waals surface area contributed by atoms with E-state index in [0.29, 0.717) is 11.4 Å². The number of rotatable bonds is 7. The molecule has 0 aliphatic carbocycles. The minimum atomic E-state index is -0.320. The van der Waals surface area contributed by atoms with Crippen LogP contribution in [0, 0.1) is 5.82 Å². The summed E-state index contributed by atoms with van der Waals surface area (Å²) in [5.41, 5.74) is 0.794. The van der Waals surface area contributed by atoms with E-state index in [-0.39, 0.29) is 30.7 Å². The first-order valence-corrected chi connectivity index (χ1v) is 10.1. The van der Waals surface area contributed by atoms with Gasteiger partial charge in [-0.25, -0.2) is 9.37 Å². The van der Waals surface area contributed by atoms with Crippen molar-refractivity contribution in [2.45, 2.75) is 13.5 Å². The third-order valence-corrected chi connectivity index (χ3v) is 5.88. The molecule has 0 spiro atoms. The lowest BCUT2D eigenvalue weighted by molar-refractivity contribution is -0.121. The van der Waals surface area contributed by atoms with Crippen LogP contribution in [-0.4, -0.2) is 34.8 Å². The molecule has 1 aromatic carbocycles.